The quantitative estimate of drug-likeness (QED) is 0.647. The molecule has 5 rings (SSSR count). The molecule has 172 valence electrons. The summed E-state index contributed by atoms with van der Waals surface area (Å²) in [4.78, 5) is 19.5. The number of benzene rings is 2. The number of fused-ring (bicyclic) bond motifs is 1. The van der Waals surface area contributed by atoms with Gasteiger partial charge in [-0.25, -0.2) is 0 Å². The fourth-order valence-corrected chi connectivity index (χ4v) is 4.31. The van der Waals surface area contributed by atoms with Crippen LogP contribution in [-0.2, 0) is 5.41 Å². The number of carbonyl (C=O) groups excluding carboxylic acids is 1. The number of aromatic nitrogens is 2. The number of likely N-dealkylation sites (N-methyl/N-ethyl adjacent to an activating group) is 1. The van der Waals surface area contributed by atoms with E-state index in [1.54, 1.807) is 0 Å². The van der Waals surface area contributed by atoms with Crippen LogP contribution in [0.25, 0.3) is 11.4 Å². The molecule has 0 unspecified atom stereocenters. The van der Waals surface area contributed by atoms with E-state index in [2.05, 4.69) is 41.1 Å². The molecule has 1 fully saturated rings. The molecule has 2 atom stereocenters. The Bertz CT molecular complexity index is 1170. The largest absolute Gasteiger partial charge is 0.454 e. The summed E-state index contributed by atoms with van der Waals surface area (Å²) in [6.45, 7) is 7.40. The molecule has 3 aromatic rings. The van der Waals surface area contributed by atoms with Crippen LogP contribution < -0.4 is 14.8 Å². The van der Waals surface area contributed by atoms with E-state index in [1.807, 2.05) is 49.5 Å². The molecule has 0 radical (unpaired) electrons. The highest BCUT2D eigenvalue weighted by atomic mass is 16.7. The lowest BCUT2D eigenvalue weighted by Crippen LogP contribution is -2.36. The Morgan fingerprint density at radius 1 is 1.09 bits per heavy atom. The Morgan fingerprint density at radius 2 is 1.85 bits per heavy atom. The zero-order chi connectivity index (χ0) is 23.2. The number of nitrogens with one attached hydrogen (secondary N) is 1. The molecular formula is C25H28N4O4. The van der Waals surface area contributed by atoms with Crippen LogP contribution in [0.5, 0.6) is 11.5 Å². The van der Waals surface area contributed by atoms with Gasteiger partial charge in [-0.2, -0.15) is 4.98 Å². The lowest BCUT2D eigenvalue weighted by atomic mass is 9.86. The molecule has 1 aromatic heterocycles. The van der Waals surface area contributed by atoms with E-state index < -0.39 is 0 Å². The maximum Gasteiger partial charge on any atom is 0.251 e. The van der Waals surface area contributed by atoms with Crippen molar-refractivity contribution in [1.29, 1.82) is 0 Å². The van der Waals surface area contributed by atoms with Gasteiger partial charge in [0.15, 0.2) is 11.5 Å². The van der Waals surface area contributed by atoms with E-state index in [-0.39, 0.29) is 30.2 Å². The predicted molar refractivity (Wildman–Crippen MR) is 122 cm³/mol. The second-order valence-electron chi connectivity index (χ2n) is 9.71. The van der Waals surface area contributed by atoms with Gasteiger partial charge in [-0.3, -0.25) is 9.69 Å². The summed E-state index contributed by atoms with van der Waals surface area (Å²) < 4.78 is 16.4. The molecule has 0 spiro atoms. The van der Waals surface area contributed by atoms with Crippen LogP contribution in [0.1, 0.15) is 55.0 Å². The third-order valence-electron chi connectivity index (χ3n) is 6.25. The van der Waals surface area contributed by atoms with Crippen molar-refractivity contribution in [2.24, 2.45) is 0 Å². The molecule has 1 saturated heterocycles. The van der Waals surface area contributed by atoms with Crippen molar-refractivity contribution >= 4 is 5.91 Å². The average molecular weight is 449 g/mol. The van der Waals surface area contributed by atoms with Gasteiger partial charge >= 0.3 is 0 Å². The van der Waals surface area contributed by atoms with E-state index in [1.165, 1.54) is 5.56 Å². The maximum absolute atomic E-state index is 12.8. The minimum Gasteiger partial charge on any atom is -0.454 e. The van der Waals surface area contributed by atoms with Gasteiger partial charge in [0.2, 0.25) is 18.5 Å². The predicted octanol–water partition coefficient (Wildman–Crippen LogP) is 3.94. The number of carbonyl (C=O) groups is 1. The summed E-state index contributed by atoms with van der Waals surface area (Å²) in [6, 6.07) is 13.3. The lowest BCUT2D eigenvalue weighted by Gasteiger charge is -2.19. The van der Waals surface area contributed by atoms with Gasteiger partial charge in [-0.05, 0) is 54.8 Å². The minimum atomic E-state index is -0.0684. The number of ether oxygens (including phenoxy) is 2. The van der Waals surface area contributed by atoms with Gasteiger partial charge in [0.25, 0.3) is 5.91 Å². The summed E-state index contributed by atoms with van der Waals surface area (Å²) in [5.41, 5.74) is 2.73. The third-order valence-corrected chi connectivity index (χ3v) is 6.25. The summed E-state index contributed by atoms with van der Waals surface area (Å²) in [5, 5.41) is 7.31. The number of amides is 1. The van der Waals surface area contributed by atoms with Gasteiger partial charge in [0.1, 0.15) is 0 Å². The third kappa shape index (κ3) is 4.30. The van der Waals surface area contributed by atoms with E-state index in [0.717, 1.165) is 5.56 Å². The first-order valence-electron chi connectivity index (χ1n) is 11.1. The highest BCUT2D eigenvalue weighted by Gasteiger charge is 2.35. The maximum atomic E-state index is 12.8. The standard InChI is InChI=1S/C25H28N4O4/c1-25(2,3)17-8-5-15(6-9-17)23(30)26-18-12-19(29(4)13-18)24-27-22(28-33-24)16-7-10-20-21(11-16)32-14-31-20/h5-11,18-19H,12-14H2,1-4H3,(H,26,30)/t18-,19-/m0/s1. The summed E-state index contributed by atoms with van der Waals surface area (Å²) in [5.74, 6) is 2.36. The van der Waals surface area contributed by atoms with Crippen LogP contribution in [0.4, 0.5) is 0 Å². The molecular weight excluding hydrogens is 420 g/mol. The van der Waals surface area contributed by atoms with E-state index in [4.69, 9.17) is 14.0 Å². The Hall–Kier alpha value is -3.39. The first-order chi connectivity index (χ1) is 15.8. The van der Waals surface area contributed by atoms with Crippen LogP contribution in [0.3, 0.4) is 0 Å². The molecule has 0 bridgehead atoms. The Kier molecular flexibility index (Phi) is 5.32. The molecule has 2 aliphatic rings. The number of nitrogens with zero attached hydrogens (tertiary/aromatic N) is 3. The van der Waals surface area contributed by atoms with Crippen LogP contribution in [0.2, 0.25) is 0 Å². The van der Waals surface area contributed by atoms with E-state index >= 15 is 0 Å². The number of rotatable bonds is 4. The molecule has 1 N–H and O–H groups in total. The fourth-order valence-electron chi connectivity index (χ4n) is 4.31. The van der Waals surface area contributed by atoms with Crippen molar-refractivity contribution in [2.75, 3.05) is 20.4 Å². The second kappa shape index (κ2) is 8.19. The number of hydrogen-bond donors (Lipinski definition) is 1. The highest BCUT2D eigenvalue weighted by molar-refractivity contribution is 5.94. The summed E-state index contributed by atoms with van der Waals surface area (Å²) >= 11 is 0. The van der Waals surface area contributed by atoms with Crippen molar-refractivity contribution in [3.63, 3.8) is 0 Å². The van der Waals surface area contributed by atoms with Gasteiger partial charge in [0, 0.05) is 23.7 Å². The van der Waals surface area contributed by atoms with Gasteiger partial charge in [0.05, 0.1) is 6.04 Å². The Balaban J connectivity index is 1.24. The lowest BCUT2D eigenvalue weighted by molar-refractivity contribution is 0.0938. The van der Waals surface area contributed by atoms with Crippen LogP contribution >= 0.6 is 0 Å². The van der Waals surface area contributed by atoms with Crippen molar-refractivity contribution in [1.82, 2.24) is 20.4 Å². The Morgan fingerprint density at radius 3 is 2.61 bits per heavy atom. The molecule has 0 saturated carbocycles. The van der Waals surface area contributed by atoms with Gasteiger partial charge in [-0.15, -0.1) is 0 Å². The fraction of sp³-hybridized carbons (Fsp3) is 0.400. The number of likely N-dealkylation sites (tertiary alicyclic amines) is 1. The van der Waals surface area contributed by atoms with E-state index in [9.17, 15) is 4.79 Å². The molecule has 1 amide bonds. The number of hydrogen-bond acceptors (Lipinski definition) is 7. The van der Waals surface area contributed by atoms with Crippen LogP contribution in [0, 0.1) is 0 Å². The normalized spacial score (nSPS) is 20.2. The molecule has 8 heteroatoms. The highest BCUT2D eigenvalue weighted by Crippen LogP contribution is 2.36. The van der Waals surface area contributed by atoms with Crippen molar-refractivity contribution < 1.29 is 18.8 Å². The van der Waals surface area contributed by atoms with Gasteiger partial charge in [-0.1, -0.05) is 38.1 Å². The molecule has 33 heavy (non-hydrogen) atoms. The molecule has 2 aromatic carbocycles. The SMILES string of the molecule is CN1C[C@@H](NC(=O)c2ccc(C(C)(C)C)cc2)C[C@H]1c1nc(-c2ccc3c(c2)OCO3)no1. The topological polar surface area (TPSA) is 89.7 Å². The Labute approximate surface area is 192 Å². The molecule has 3 heterocycles. The first kappa shape index (κ1) is 21.5. The zero-order valence-electron chi connectivity index (χ0n) is 19.3. The second-order valence-corrected chi connectivity index (χ2v) is 9.71. The van der Waals surface area contributed by atoms with Gasteiger partial charge < -0.3 is 19.3 Å². The van der Waals surface area contributed by atoms with Crippen molar-refractivity contribution in [3.05, 3.63) is 59.5 Å². The van der Waals surface area contributed by atoms with Crippen molar-refractivity contribution in [3.8, 4) is 22.9 Å². The summed E-state index contributed by atoms with van der Waals surface area (Å²) in [7, 11) is 2.00. The summed E-state index contributed by atoms with van der Waals surface area (Å²) in [6.07, 6.45) is 0.699. The first-order valence-corrected chi connectivity index (χ1v) is 11.1. The van der Waals surface area contributed by atoms with Crippen LogP contribution in [-0.4, -0.2) is 47.4 Å². The van der Waals surface area contributed by atoms with E-state index in [0.29, 0.717) is 41.7 Å². The smallest absolute Gasteiger partial charge is 0.251 e. The van der Waals surface area contributed by atoms with Crippen LogP contribution in [0.15, 0.2) is 47.0 Å². The average Bonchev–Trinajstić information content (AvgIpc) is 3.52. The molecule has 8 nitrogen and oxygen atoms in total. The minimum absolute atomic E-state index is 0.00399. The molecule has 0 aliphatic carbocycles. The molecule has 2 aliphatic heterocycles. The van der Waals surface area contributed by atoms with Crippen molar-refractivity contribution in [2.45, 2.75) is 44.7 Å². The monoisotopic (exact) mass is 448 g/mol. The zero-order valence-corrected chi connectivity index (χ0v) is 19.3.